The van der Waals surface area contributed by atoms with Crippen LogP contribution in [0, 0.1) is 13.8 Å². The molecule has 1 aromatic carbocycles. The molecule has 1 aromatic heterocycles. The smallest absolute Gasteiger partial charge is 0.231 e. The molecule has 0 fully saturated rings. The fourth-order valence-corrected chi connectivity index (χ4v) is 1.97. The summed E-state index contributed by atoms with van der Waals surface area (Å²) in [6.45, 7) is 4.32. The van der Waals surface area contributed by atoms with Crippen molar-refractivity contribution in [1.82, 2.24) is 9.55 Å². The van der Waals surface area contributed by atoms with Crippen LogP contribution in [0.2, 0.25) is 0 Å². The highest BCUT2D eigenvalue weighted by atomic mass is 16.7. The Hall–Kier alpha value is -1.97. The first-order chi connectivity index (χ1) is 7.75. The number of ether oxygens (including phenoxy) is 2. The fraction of sp³-hybridized carbons (Fsp3) is 0.250. The second-order valence-corrected chi connectivity index (χ2v) is 3.82. The zero-order valence-corrected chi connectivity index (χ0v) is 9.23. The third-order valence-corrected chi connectivity index (χ3v) is 2.73. The molecule has 0 spiro atoms. The average Bonchev–Trinajstić information content (AvgIpc) is 2.85. The first-order valence-electron chi connectivity index (χ1n) is 5.16. The predicted molar refractivity (Wildman–Crippen MR) is 59.2 cm³/mol. The summed E-state index contributed by atoms with van der Waals surface area (Å²) in [6, 6.07) is 5.91. The summed E-state index contributed by atoms with van der Waals surface area (Å²) >= 11 is 0. The Bertz CT molecular complexity index is 526. The van der Waals surface area contributed by atoms with Crippen molar-refractivity contribution in [3.05, 3.63) is 35.9 Å². The van der Waals surface area contributed by atoms with Gasteiger partial charge in [0.1, 0.15) is 5.82 Å². The van der Waals surface area contributed by atoms with E-state index in [-0.39, 0.29) is 0 Å². The molecule has 0 N–H and O–H groups in total. The van der Waals surface area contributed by atoms with Gasteiger partial charge in [0.25, 0.3) is 0 Å². The molecule has 82 valence electrons. The van der Waals surface area contributed by atoms with Crippen LogP contribution in [0.3, 0.4) is 0 Å². The lowest BCUT2D eigenvalue weighted by Crippen LogP contribution is -1.98. The Morgan fingerprint density at radius 3 is 2.75 bits per heavy atom. The molecule has 2 heterocycles. The summed E-state index contributed by atoms with van der Waals surface area (Å²) in [5.74, 6) is 2.57. The highest BCUT2D eigenvalue weighted by Crippen LogP contribution is 2.34. The molecular formula is C12H12N2O2. The Morgan fingerprint density at radius 2 is 2.00 bits per heavy atom. The second kappa shape index (κ2) is 3.27. The van der Waals surface area contributed by atoms with Gasteiger partial charge in [-0.05, 0) is 26.0 Å². The first kappa shape index (κ1) is 9.27. The molecule has 1 aliphatic rings. The molecule has 0 amide bonds. The minimum absolute atomic E-state index is 0.306. The number of nitrogens with zero attached hydrogens (tertiary/aromatic N) is 2. The van der Waals surface area contributed by atoms with Crippen molar-refractivity contribution in [1.29, 1.82) is 0 Å². The topological polar surface area (TPSA) is 36.3 Å². The Morgan fingerprint density at radius 1 is 1.19 bits per heavy atom. The highest BCUT2D eigenvalue weighted by molar-refractivity contribution is 5.50. The monoisotopic (exact) mass is 216 g/mol. The lowest BCUT2D eigenvalue weighted by Gasteiger charge is -2.08. The van der Waals surface area contributed by atoms with E-state index in [4.69, 9.17) is 9.47 Å². The zero-order chi connectivity index (χ0) is 11.1. The first-order valence-corrected chi connectivity index (χ1v) is 5.16. The molecule has 4 heteroatoms. The van der Waals surface area contributed by atoms with Gasteiger partial charge in [-0.3, -0.25) is 0 Å². The van der Waals surface area contributed by atoms with Gasteiger partial charge in [-0.15, -0.1) is 0 Å². The van der Waals surface area contributed by atoms with Gasteiger partial charge in [0.15, 0.2) is 11.5 Å². The quantitative estimate of drug-likeness (QED) is 0.733. The standard InChI is InChI=1S/C12H12N2O2/c1-8-6-13-9(2)14(8)10-3-4-11-12(5-10)16-7-15-11/h3-6H,7H2,1-2H3. The summed E-state index contributed by atoms with van der Waals surface area (Å²) in [6.07, 6.45) is 1.86. The predicted octanol–water partition coefficient (Wildman–Crippen LogP) is 2.22. The van der Waals surface area contributed by atoms with Crippen LogP contribution in [0.15, 0.2) is 24.4 Å². The summed E-state index contributed by atoms with van der Waals surface area (Å²) < 4.78 is 12.7. The SMILES string of the molecule is Cc1cnc(C)n1-c1ccc2c(c1)OCO2. The Balaban J connectivity index is 2.14. The van der Waals surface area contributed by atoms with Crippen molar-refractivity contribution in [3.8, 4) is 17.2 Å². The van der Waals surface area contributed by atoms with Crippen molar-refractivity contribution in [2.75, 3.05) is 6.79 Å². The fourth-order valence-electron chi connectivity index (χ4n) is 1.97. The highest BCUT2D eigenvalue weighted by Gasteiger charge is 2.15. The number of hydrogen-bond donors (Lipinski definition) is 0. The van der Waals surface area contributed by atoms with Crippen molar-refractivity contribution in [2.45, 2.75) is 13.8 Å². The number of rotatable bonds is 1. The van der Waals surface area contributed by atoms with Gasteiger partial charge >= 0.3 is 0 Å². The van der Waals surface area contributed by atoms with Crippen molar-refractivity contribution < 1.29 is 9.47 Å². The number of aryl methyl sites for hydroxylation is 2. The molecule has 0 radical (unpaired) electrons. The van der Waals surface area contributed by atoms with Gasteiger partial charge in [-0.25, -0.2) is 4.98 Å². The van der Waals surface area contributed by atoms with E-state index in [0.29, 0.717) is 6.79 Å². The summed E-state index contributed by atoms with van der Waals surface area (Å²) in [5.41, 5.74) is 2.16. The maximum absolute atomic E-state index is 5.36. The minimum atomic E-state index is 0.306. The third kappa shape index (κ3) is 1.26. The molecule has 0 aliphatic carbocycles. The summed E-state index contributed by atoms with van der Waals surface area (Å²) in [7, 11) is 0. The molecule has 0 saturated carbocycles. The van der Waals surface area contributed by atoms with Gasteiger partial charge in [-0.1, -0.05) is 0 Å². The van der Waals surface area contributed by atoms with E-state index in [1.807, 2.05) is 38.2 Å². The van der Waals surface area contributed by atoms with E-state index in [0.717, 1.165) is 28.7 Å². The number of fused-ring (bicyclic) bond motifs is 1. The average molecular weight is 216 g/mol. The number of benzene rings is 1. The van der Waals surface area contributed by atoms with Gasteiger partial charge in [0, 0.05) is 18.0 Å². The molecule has 0 unspecified atom stereocenters. The molecule has 0 atom stereocenters. The lowest BCUT2D eigenvalue weighted by molar-refractivity contribution is 0.174. The van der Waals surface area contributed by atoms with Gasteiger partial charge in [0.2, 0.25) is 6.79 Å². The van der Waals surface area contributed by atoms with Crippen LogP contribution in [0.1, 0.15) is 11.5 Å². The maximum atomic E-state index is 5.36. The van der Waals surface area contributed by atoms with E-state index in [9.17, 15) is 0 Å². The van der Waals surface area contributed by atoms with E-state index in [1.165, 1.54) is 0 Å². The van der Waals surface area contributed by atoms with Crippen LogP contribution in [-0.2, 0) is 0 Å². The normalized spacial score (nSPS) is 13.1. The van der Waals surface area contributed by atoms with Crippen LogP contribution in [0.4, 0.5) is 0 Å². The van der Waals surface area contributed by atoms with Gasteiger partial charge in [0.05, 0.1) is 5.69 Å². The van der Waals surface area contributed by atoms with Crippen molar-refractivity contribution in [2.24, 2.45) is 0 Å². The number of hydrogen-bond acceptors (Lipinski definition) is 3. The lowest BCUT2D eigenvalue weighted by atomic mass is 10.2. The minimum Gasteiger partial charge on any atom is -0.454 e. The van der Waals surface area contributed by atoms with Crippen LogP contribution < -0.4 is 9.47 Å². The van der Waals surface area contributed by atoms with E-state index in [2.05, 4.69) is 9.55 Å². The number of imidazole rings is 1. The zero-order valence-electron chi connectivity index (χ0n) is 9.23. The van der Waals surface area contributed by atoms with E-state index < -0.39 is 0 Å². The Kier molecular flexibility index (Phi) is 1.89. The molecule has 1 aliphatic heterocycles. The number of aromatic nitrogens is 2. The van der Waals surface area contributed by atoms with E-state index >= 15 is 0 Å². The van der Waals surface area contributed by atoms with Crippen LogP contribution in [-0.4, -0.2) is 16.3 Å². The molecule has 0 bridgehead atoms. The van der Waals surface area contributed by atoms with Crippen molar-refractivity contribution >= 4 is 0 Å². The molecular weight excluding hydrogens is 204 g/mol. The Labute approximate surface area is 93.4 Å². The van der Waals surface area contributed by atoms with E-state index in [1.54, 1.807) is 0 Å². The molecule has 3 rings (SSSR count). The van der Waals surface area contributed by atoms with Gasteiger partial charge < -0.3 is 14.0 Å². The molecule has 0 saturated heterocycles. The molecule has 4 nitrogen and oxygen atoms in total. The van der Waals surface area contributed by atoms with Gasteiger partial charge in [-0.2, -0.15) is 0 Å². The second-order valence-electron chi connectivity index (χ2n) is 3.82. The largest absolute Gasteiger partial charge is 0.454 e. The van der Waals surface area contributed by atoms with Crippen LogP contribution in [0.25, 0.3) is 5.69 Å². The summed E-state index contributed by atoms with van der Waals surface area (Å²) in [5, 5.41) is 0. The van der Waals surface area contributed by atoms with Crippen LogP contribution >= 0.6 is 0 Å². The third-order valence-electron chi connectivity index (χ3n) is 2.73. The molecule has 2 aromatic rings. The van der Waals surface area contributed by atoms with Crippen LogP contribution in [0.5, 0.6) is 11.5 Å². The molecule has 16 heavy (non-hydrogen) atoms. The summed E-state index contributed by atoms with van der Waals surface area (Å²) in [4.78, 5) is 4.28. The van der Waals surface area contributed by atoms with Crippen molar-refractivity contribution in [3.63, 3.8) is 0 Å². The maximum Gasteiger partial charge on any atom is 0.231 e.